The average Bonchev–Trinajstić information content (AvgIpc) is 2.26. The average molecular weight is 210 g/mol. The van der Waals surface area contributed by atoms with E-state index in [1.807, 2.05) is 4.90 Å². The summed E-state index contributed by atoms with van der Waals surface area (Å²) in [5.41, 5.74) is 4.75. The van der Waals surface area contributed by atoms with Crippen molar-refractivity contribution in [3.63, 3.8) is 0 Å². The van der Waals surface area contributed by atoms with Crippen LogP contribution in [0.3, 0.4) is 0 Å². The largest absolute Gasteiger partial charge is 0.422 e. The number of piperidine rings is 1. The molecule has 0 saturated carbocycles. The smallest absolute Gasteiger partial charge is 0.384 e. The molecule has 82 valence electrons. The molecule has 0 spiro atoms. The summed E-state index contributed by atoms with van der Waals surface area (Å²) in [5.74, 6) is 0.582. The fourth-order valence-corrected chi connectivity index (χ4v) is 1.77. The molecule has 0 unspecified atom stereocenters. The van der Waals surface area contributed by atoms with Gasteiger partial charge in [0.2, 0.25) is 0 Å². The van der Waals surface area contributed by atoms with E-state index in [4.69, 9.17) is 10.9 Å². The highest BCUT2D eigenvalue weighted by Gasteiger charge is 2.14. The Hall–Kier alpha value is -1.72. The van der Waals surface area contributed by atoms with Crippen molar-refractivity contribution in [1.82, 2.24) is 9.71 Å². The van der Waals surface area contributed by atoms with Crippen molar-refractivity contribution < 1.29 is 5.21 Å². The SMILES string of the molecule is Nc1cc(N2CCCCC2)nc(=O)n1O. The number of hydrogen-bond acceptors (Lipinski definition) is 5. The first-order valence-corrected chi connectivity index (χ1v) is 5.02. The minimum absolute atomic E-state index is 0.0237. The molecule has 6 heteroatoms. The summed E-state index contributed by atoms with van der Waals surface area (Å²) in [6, 6.07) is 1.52. The first-order valence-electron chi connectivity index (χ1n) is 5.02. The van der Waals surface area contributed by atoms with E-state index in [1.165, 1.54) is 12.5 Å². The number of aromatic nitrogens is 2. The molecule has 15 heavy (non-hydrogen) atoms. The molecule has 2 rings (SSSR count). The van der Waals surface area contributed by atoms with Gasteiger partial charge < -0.3 is 15.8 Å². The van der Waals surface area contributed by atoms with Crippen LogP contribution in [-0.4, -0.2) is 28.0 Å². The molecule has 1 saturated heterocycles. The Kier molecular flexibility index (Phi) is 2.49. The molecule has 6 nitrogen and oxygen atoms in total. The van der Waals surface area contributed by atoms with Crippen molar-refractivity contribution in [3.05, 3.63) is 16.6 Å². The maximum atomic E-state index is 11.2. The van der Waals surface area contributed by atoms with Gasteiger partial charge in [0.05, 0.1) is 0 Å². The van der Waals surface area contributed by atoms with Gasteiger partial charge in [-0.2, -0.15) is 4.98 Å². The summed E-state index contributed by atoms with van der Waals surface area (Å²) in [6.45, 7) is 1.78. The third kappa shape index (κ3) is 1.88. The van der Waals surface area contributed by atoms with Gasteiger partial charge in [0.1, 0.15) is 11.6 Å². The Bertz CT molecular complexity index is 409. The van der Waals surface area contributed by atoms with Crippen molar-refractivity contribution in [2.24, 2.45) is 0 Å². The highest BCUT2D eigenvalue weighted by Crippen LogP contribution is 2.17. The number of anilines is 2. The number of rotatable bonds is 1. The van der Waals surface area contributed by atoms with Crippen molar-refractivity contribution in [1.29, 1.82) is 0 Å². The van der Waals surface area contributed by atoms with Crippen LogP contribution in [0.1, 0.15) is 19.3 Å². The minimum atomic E-state index is -0.726. The molecular formula is C9H14N4O2. The van der Waals surface area contributed by atoms with E-state index < -0.39 is 5.69 Å². The molecular weight excluding hydrogens is 196 g/mol. The second-order valence-corrected chi connectivity index (χ2v) is 3.68. The summed E-state index contributed by atoms with van der Waals surface area (Å²) >= 11 is 0. The quantitative estimate of drug-likeness (QED) is 0.640. The molecule has 3 N–H and O–H groups in total. The summed E-state index contributed by atoms with van der Waals surface area (Å²) in [6.07, 6.45) is 3.41. The van der Waals surface area contributed by atoms with Gasteiger partial charge in [-0.1, -0.05) is 0 Å². The maximum Gasteiger partial charge on any atom is 0.384 e. The molecule has 0 bridgehead atoms. The van der Waals surface area contributed by atoms with Crippen LogP contribution < -0.4 is 16.3 Å². The zero-order valence-electron chi connectivity index (χ0n) is 8.39. The lowest BCUT2D eigenvalue weighted by molar-refractivity contribution is 0.176. The van der Waals surface area contributed by atoms with Gasteiger partial charge in [-0.15, -0.1) is 4.73 Å². The second kappa shape index (κ2) is 3.80. The predicted octanol–water partition coefficient (Wildman–Crippen LogP) is 0.0531. The van der Waals surface area contributed by atoms with Gasteiger partial charge in [0, 0.05) is 19.2 Å². The Balaban J connectivity index is 2.32. The zero-order chi connectivity index (χ0) is 10.8. The second-order valence-electron chi connectivity index (χ2n) is 3.68. The van der Waals surface area contributed by atoms with Gasteiger partial charge >= 0.3 is 5.69 Å². The van der Waals surface area contributed by atoms with E-state index in [2.05, 4.69) is 4.98 Å². The van der Waals surface area contributed by atoms with E-state index in [9.17, 15) is 4.79 Å². The van der Waals surface area contributed by atoms with Crippen molar-refractivity contribution in [3.8, 4) is 0 Å². The van der Waals surface area contributed by atoms with E-state index in [0.29, 0.717) is 10.5 Å². The molecule has 1 fully saturated rings. The summed E-state index contributed by atoms with van der Waals surface area (Å²) in [4.78, 5) is 17.0. The van der Waals surface area contributed by atoms with Crippen LogP contribution in [0.2, 0.25) is 0 Å². The third-order valence-corrected chi connectivity index (χ3v) is 2.59. The molecule has 1 aliphatic heterocycles. The summed E-state index contributed by atoms with van der Waals surface area (Å²) in [7, 11) is 0. The summed E-state index contributed by atoms with van der Waals surface area (Å²) in [5, 5.41) is 9.13. The summed E-state index contributed by atoms with van der Waals surface area (Å²) < 4.78 is 0.355. The zero-order valence-corrected chi connectivity index (χ0v) is 8.39. The molecule has 0 aromatic carbocycles. The lowest BCUT2D eigenvalue weighted by Gasteiger charge is -2.27. The van der Waals surface area contributed by atoms with E-state index in [-0.39, 0.29) is 5.82 Å². The number of nitrogens with two attached hydrogens (primary N) is 1. The Labute approximate surface area is 86.9 Å². The maximum absolute atomic E-state index is 11.2. The lowest BCUT2D eigenvalue weighted by Crippen LogP contribution is -2.33. The van der Waals surface area contributed by atoms with Crippen LogP contribution in [0.4, 0.5) is 11.6 Å². The lowest BCUT2D eigenvalue weighted by atomic mass is 10.1. The highest BCUT2D eigenvalue weighted by molar-refractivity contribution is 5.46. The van der Waals surface area contributed by atoms with Crippen molar-refractivity contribution in [2.75, 3.05) is 23.7 Å². The van der Waals surface area contributed by atoms with Gasteiger partial charge in [0.15, 0.2) is 0 Å². The highest BCUT2D eigenvalue weighted by atomic mass is 16.5. The predicted molar refractivity (Wildman–Crippen MR) is 56.2 cm³/mol. The fraction of sp³-hybridized carbons (Fsp3) is 0.556. The van der Waals surface area contributed by atoms with Crippen molar-refractivity contribution in [2.45, 2.75) is 19.3 Å². The number of nitrogen functional groups attached to an aromatic ring is 1. The fourth-order valence-electron chi connectivity index (χ4n) is 1.77. The third-order valence-electron chi connectivity index (χ3n) is 2.59. The molecule has 0 atom stereocenters. The van der Waals surface area contributed by atoms with Crippen LogP contribution in [0.5, 0.6) is 0 Å². The van der Waals surface area contributed by atoms with E-state index >= 15 is 0 Å². The normalized spacial score (nSPS) is 16.7. The van der Waals surface area contributed by atoms with Gasteiger partial charge in [-0.3, -0.25) is 0 Å². The first kappa shape index (κ1) is 9.82. The van der Waals surface area contributed by atoms with E-state index in [0.717, 1.165) is 25.9 Å². The molecule has 1 aromatic rings. The van der Waals surface area contributed by atoms with Gasteiger partial charge in [-0.25, -0.2) is 4.79 Å². The monoisotopic (exact) mass is 210 g/mol. The van der Waals surface area contributed by atoms with Gasteiger partial charge in [0.25, 0.3) is 0 Å². The van der Waals surface area contributed by atoms with Crippen LogP contribution >= 0.6 is 0 Å². The van der Waals surface area contributed by atoms with Crippen molar-refractivity contribution >= 4 is 11.6 Å². The van der Waals surface area contributed by atoms with Crippen LogP contribution in [-0.2, 0) is 0 Å². The molecule has 0 radical (unpaired) electrons. The molecule has 0 aliphatic carbocycles. The van der Waals surface area contributed by atoms with Crippen LogP contribution in [0.25, 0.3) is 0 Å². The Morgan fingerprint density at radius 3 is 2.60 bits per heavy atom. The Morgan fingerprint density at radius 1 is 1.33 bits per heavy atom. The molecule has 0 amide bonds. The standard InChI is InChI=1S/C9H14N4O2/c10-7-6-8(11-9(14)13(7)15)12-4-2-1-3-5-12/h6,15H,1-5,10H2. The topological polar surface area (TPSA) is 84.4 Å². The molecule has 1 aliphatic rings. The minimum Gasteiger partial charge on any atom is -0.422 e. The molecule has 1 aromatic heterocycles. The number of nitrogens with zero attached hydrogens (tertiary/aromatic N) is 3. The van der Waals surface area contributed by atoms with Crippen LogP contribution in [0, 0.1) is 0 Å². The Morgan fingerprint density at radius 2 is 2.00 bits per heavy atom. The van der Waals surface area contributed by atoms with Crippen LogP contribution in [0.15, 0.2) is 10.9 Å². The van der Waals surface area contributed by atoms with Gasteiger partial charge in [-0.05, 0) is 19.3 Å². The van der Waals surface area contributed by atoms with E-state index in [1.54, 1.807) is 0 Å². The first-order chi connectivity index (χ1) is 7.18. The molecule has 2 heterocycles. The number of hydrogen-bond donors (Lipinski definition) is 2.